The average Bonchev–Trinajstić information content (AvgIpc) is 2.57. The van der Waals surface area contributed by atoms with Crippen LogP contribution in [0.15, 0.2) is 36.4 Å². The molecule has 0 saturated heterocycles. The van der Waals surface area contributed by atoms with E-state index in [0.29, 0.717) is 0 Å². The monoisotopic (exact) mass is 307 g/mol. The summed E-state index contributed by atoms with van der Waals surface area (Å²) >= 11 is 0. The first kappa shape index (κ1) is 14.7. The summed E-state index contributed by atoms with van der Waals surface area (Å²) in [6.45, 7) is 0. The Bertz CT molecular complexity index is 661. The minimum atomic E-state index is 0.179. The fraction of sp³-hybridized carbons (Fsp3) is 0.400. The van der Waals surface area contributed by atoms with E-state index < -0.39 is 0 Å². The Morgan fingerprint density at radius 2 is 1.22 bits per heavy atom. The predicted octanol–water partition coefficient (Wildman–Crippen LogP) is 4.10. The van der Waals surface area contributed by atoms with E-state index in [9.17, 15) is 0 Å². The van der Waals surface area contributed by atoms with Crippen LogP contribution in [0.5, 0.6) is 0 Å². The standard InChI is InChI=1S/C20H25N3/c21-17-9-1-7-15-13(17)5-3-11-19(15)23-20-12-4-6-14-16(20)8-2-10-18(14)22/h3-6,11-12,17-18,23H,1-2,7-10,21-22H2/t17-,18?/m1/s1. The van der Waals surface area contributed by atoms with Crippen LogP contribution in [0.25, 0.3) is 0 Å². The molecule has 0 aromatic heterocycles. The molecule has 0 heterocycles. The Balaban J connectivity index is 1.72. The van der Waals surface area contributed by atoms with Gasteiger partial charge in [0.2, 0.25) is 0 Å². The summed E-state index contributed by atoms with van der Waals surface area (Å²) < 4.78 is 0. The van der Waals surface area contributed by atoms with Gasteiger partial charge < -0.3 is 16.8 Å². The topological polar surface area (TPSA) is 64.1 Å². The average molecular weight is 307 g/mol. The zero-order chi connectivity index (χ0) is 15.8. The van der Waals surface area contributed by atoms with Crippen LogP contribution in [0.2, 0.25) is 0 Å². The molecule has 2 aromatic carbocycles. The Morgan fingerprint density at radius 1 is 0.739 bits per heavy atom. The van der Waals surface area contributed by atoms with Crippen LogP contribution in [-0.4, -0.2) is 0 Å². The maximum atomic E-state index is 6.29. The van der Waals surface area contributed by atoms with Crippen LogP contribution in [0.4, 0.5) is 11.4 Å². The molecule has 0 spiro atoms. The van der Waals surface area contributed by atoms with Gasteiger partial charge in [0.25, 0.3) is 0 Å². The second-order valence-electron chi connectivity index (χ2n) is 6.87. The van der Waals surface area contributed by atoms with Crippen LogP contribution in [-0.2, 0) is 12.8 Å². The molecule has 0 bridgehead atoms. The van der Waals surface area contributed by atoms with Gasteiger partial charge in [-0.3, -0.25) is 0 Å². The fourth-order valence-corrected chi connectivity index (χ4v) is 4.15. The van der Waals surface area contributed by atoms with Gasteiger partial charge in [-0.15, -0.1) is 0 Å². The van der Waals surface area contributed by atoms with Gasteiger partial charge in [-0.1, -0.05) is 24.3 Å². The molecule has 0 fully saturated rings. The maximum Gasteiger partial charge on any atom is 0.0420 e. The molecule has 4 rings (SSSR count). The van der Waals surface area contributed by atoms with E-state index in [-0.39, 0.29) is 12.1 Å². The SMILES string of the molecule is NC1CCCc2c(Nc3cccc4c3CCC[C@H]4N)cccc21. The molecule has 2 atom stereocenters. The van der Waals surface area contributed by atoms with Gasteiger partial charge in [0.15, 0.2) is 0 Å². The highest BCUT2D eigenvalue weighted by Gasteiger charge is 2.22. The molecular formula is C20H25N3. The van der Waals surface area contributed by atoms with Gasteiger partial charge in [-0.25, -0.2) is 0 Å². The molecule has 1 unspecified atom stereocenters. The molecule has 0 radical (unpaired) electrons. The number of fused-ring (bicyclic) bond motifs is 2. The molecule has 5 N–H and O–H groups in total. The molecule has 2 aromatic rings. The highest BCUT2D eigenvalue weighted by molar-refractivity contribution is 5.69. The van der Waals surface area contributed by atoms with Gasteiger partial charge >= 0.3 is 0 Å². The summed E-state index contributed by atoms with van der Waals surface area (Å²) in [5.74, 6) is 0. The second kappa shape index (κ2) is 5.99. The van der Waals surface area contributed by atoms with Gasteiger partial charge in [0, 0.05) is 23.5 Å². The van der Waals surface area contributed by atoms with Gasteiger partial charge in [0.1, 0.15) is 0 Å². The third-order valence-corrected chi connectivity index (χ3v) is 5.38. The van der Waals surface area contributed by atoms with Crippen molar-refractivity contribution in [3.05, 3.63) is 58.7 Å². The van der Waals surface area contributed by atoms with Crippen molar-refractivity contribution in [1.29, 1.82) is 0 Å². The molecule has 0 amide bonds. The van der Waals surface area contributed by atoms with Crippen LogP contribution in [0.1, 0.15) is 60.0 Å². The molecule has 0 aliphatic heterocycles. The van der Waals surface area contributed by atoms with Crippen LogP contribution in [0.3, 0.4) is 0 Å². The van der Waals surface area contributed by atoms with E-state index in [0.717, 1.165) is 25.7 Å². The van der Waals surface area contributed by atoms with Crippen molar-refractivity contribution in [2.24, 2.45) is 11.5 Å². The van der Waals surface area contributed by atoms with Crippen LogP contribution in [0, 0.1) is 0 Å². The lowest BCUT2D eigenvalue weighted by molar-refractivity contribution is 0.570. The zero-order valence-corrected chi connectivity index (χ0v) is 13.5. The second-order valence-corrected chi connectivity index (χ2v) is 6.87. The normalized spacial score (nSPS) is 23.0. The van der Waals surface area contributed by atoms with Crippen molar-refractivity contribution in [3.63, 3.8) is 0 Å². The van der Waals surface area contributed by atoms with Crippen molar-refractivity contribution in [2.75, 3.05) is 5.32 Å². The van der Waals surface area contributed by atoms with Crippen molar-refractivity contribution >= 4 is 11.4 Å². The summed E-state index contributed by atoms with van der Waals surface area (Å²) in [5, 5.41) is 3.69. The Hall–Kier alpha value is -1.84. The maximum absolute atomic E-state index is 6.29. The molecule has 2 aliphatic rings. The minimum absolute atomic E-state index is 0.179. The lowest BCUT2D eigenvalue weighted by Gasteiger charge is -2.27. The van der Waals surface area contributed by atoms with E-state index in [1.54, 1.807) is 0 Å². The summed E-state index contributed by atoms with van der Waals surface area (Å²) in [6.07, 6.45) is 6.74. The lowest BCUT2D eigenvalue weighted by atomic mass is 9.86. The Kier molecular flexibility index (Phi) is 3.83. The number of nitrogens with one attached hydrogen (secondary N) is 1. The number of hydrogen-bond acceptors (Lipinski definition) is 3. The molecule has 3 heteroatoms. The third kappa shape index (κ3) is 2.64. The summed E-state index contributed by atoms with van der Waals surface area (Å²) in [5.41, 5.74) is 20.4. The number of anilines is 2. The first-order chi connectivity index (χ1) is 11.2. The Labute approximate surface area is 138 Å². The summed E-state index contributed by atoms with van der Waals surface area (Å²) in [4.78, 5) is 0. The third-order valence-electron chi connectivity index (χ3n) is 5.38. The Morgan fingerprint density at radius 3 is 1.70 bits per heavy atom. The van der Waals surface area contributed by atoms with E-state index >= 15 is 0 Å². The summed E-state index contributed by atoms with van der Waals surface area (Å²) in [7, 11) is 0. The van der Waals surface area contributed by atoms with Crippen LogP contribution < -0.4 is 16.8 Å². The van der Waals surface area contributed by atoms with Crippen molar-refractivity contribution < 1.29 is 0 Å². The van der Waals surface area contributed by atoms with Crippen molar-refractivity contribution in [3.8, 4) is 0 Å². The lowest BCUT2D eigenvalue weighted by Crippen LogP contribution is -2.19. The quantitative estimate of drug-likeness (QED) is 0.782. The highest BCUT2D eigenvalue weighted by Crippen LogP contribution is 2.37. The number of nitrogens with two attached hydrogens (primary N) is 2. The molecule has 23 heavy (non-hydrogen) atoms. The molecular weight excluding hydrogens is 282 g/mol. The number of hydrogen-bond donors (Lipinski definition) is 3. The van der Waals surface area contributed by atoms with Gasteiger partial charge in [-0.05, 0) is 72.9 Å². The van der Waals surface area contributed by atoms with Gasteiger partial charge in [0.05, 0.1) is 0 Å². The smallest absolute Gasteiger partial charge is 0.0420 e. The van der Waals surface area contributed by atoms with Crippen LogP contribution >= 0.6 is 0 Å². The van der Waals surface area contributed by atoms with Crippen molar-refractivity contribution in [2.45, 2.75) is 50.6 Å². The molecule has 2 aliphatic carbocycles. The molecule has 120 valence electrons. The van der Waals surface area contributed by atoms with Gasteiger partial charge in [-0.2, -0.15) is 0 Å². The van der Waals surface area contributed by atoms with Crippen molar-refractivity contribution in [1.82, 2.24) is 0 Å². The largest absolute Gasteiger partial charge is 0.355 e. The first-order valence-electron chi connectivity index (χ1n) is 8.76. The van der Waals surface area contributed by atoms with E-state index in [4.69, 9.17) is 11.5 Å². The predicted molar refractivity (Wildman–Crippen MR) is 95.9 cm³/mol. The number of benzene rings is 2. The van der Waals surface area contributed by atoms with E-state index in [1.807, 2.05) is 0 Å². The van der Waals surface area contributed by atoms with E-state index in [1.165, 1.54) is 46.5 Å². The summed E-state index contributed by atoms with van der Waals surface area (Å²) in [6, 6.07) is 13.3. The molecule has 3 nitrogen and oxygen atoms in total. The fourth-order valence-electron chi connectivity index (χ4n) is 4.15. The zero-order valence-electron chi connectivity index (χ0n) is 13.5. The highest BCUT2D eigenvalue weighted by atomic mass is 14.9. The first-order valence-corrected chi connectivity index (χ1v) is 8.76. The number of rotatable bonds is 2. The minimum Gasteiger partial charge on any atom is -0.355 e. The molecule has 0 saturated carbocycles. The van der Waals surface area contributed by atoms with E-state index in [2.05, 4.69) is 41.7 Å².